The molecule has 0 spiro atoms. The van der Waals surface area contributed by atoms with E-state index in [4.69, 9.17) is 11.6 Å². The van der Waals surface area contributed by atoms with Crippen LogP contribution in [0.15, 0.2) is 29.7 Å². The summed E-state index contributed by atoms with van der Waals surface area (Å²) < 4.78 is 25.7. The van der Waals surface area contributed by atoms with Crippen LogP contribution in [-0.4, -0.2) is 26.2 Å². The highest BCUT2D eigenvalue weighted by molar-refractivity contribution is 7.92. The minimum atomic E-state index is -3.54. The van der Waals surface area contributed by atoms with Crippen molar-refractivity contribution in [1.29, 1.82) is 0 Å². The highest BCUT2D eigenvalue weighted by atomic mass is 35.5. The second-order valence-corrected chi connectivity index (χ2v) is 6.65. The third-order valence-electron chi connectivity index (χ3n) is 2.57. The zero-order chi connectivity index (χ0) is 14.5. The van der Waals surface area contributed by atoms with Gasteiger partial charge in [0.1, 0.15) is 0 Å². The molecule has 1 aromatic rings. The van der Waals surface area contributed by atoms with Crippen molar-refractivity contribution in [1.82, 2.24) is 4.72 Å². The van der Waals surface area contributed by atoms with Crippen LogP contribution >= 0.6 is 11.6 Å². The van der Waals surface area contributed by atoms with Crippen molar-refractivity contribution in [3.8, 4) is 0 Å². The molecule has 0 radical (unpaired) electrons. The van der Waals surface area contributed by atoms with Crippen LogP contribution in [0.4, 0.5) is 0 Å². The molecule has 1 rings (SSSR count). The number of benzene rings is 1. The molecular weight excluding hydrogens is 286 g/mol. The van der Waals surface area contributed by atoms with Crippen LogP contribution in [0.1, 0.15) is 19.4 Å². The molecule has 106 valence electrons. The predicted octanol–water partition coefficient (Wildman–Crippen LogP) is 2.25. The Hall–Kier alpha value is -0.880. The van der Waals surface area contributed by atoms with Gasteiger partial charge in [-0.2, -0.15) is 0 Å². The molecule has 2 N–H and O–H groups in total. The molecule has 0 aliphatic heterocycles. The fourth-order valence-corrected chi connectivity index (χ4v) is 2.19. The lowest BCUT2D eigenvalue weighted by Gasteiger charge is -2.13. The molecule has 0 aliphatic carbocycles. The summed E-state index contributed by atoms with van der Waals surface area (Å²) in [7, 11) is -3.54. The first-order chi connectivity index (χ1) is 8.80. The average Bonchev–Trinajstić information content (AvgIpc) is 2.35. The molecule has 0 saturated heterocycles. The number of aliphatic hydroxyl groups excluding tert-OH is 1. The topological polar surface area (TPSA) is 66.4 Å². The van der Waals surface area contributed by atoms with E-state index in [2.05, 4.69) is 4.72 Å². The molecule has 0 aliphatic rings. The molecule has 0 saturated carbocycles. The largest absolute Gasteiger partial charge is 0.391 e. The van der Waals surface area contributed by atoms with Crippen molar-refractivity contribution in [3.63, 3.8) is 0 Å². The normalized spacial score (nSPS) is 14.2. The third kappa shape index (κ3) is 6.20. The second kappa shape index (κ2) is 7.05. The molecular formula is C13H18ClNO3S. The molecule has 0 amide bonds. The Balaban J connectivity index is 2.61. The van der Waals surface area contributed by atoms with Crippen LogP contribution in [0.3, 0.4) is 0 Å². The molecule has 1 unspecified atom stereocenters. The van der Waals surface area contributed by atoms with E-state index in [1.165, 1.54) is 6.08 Å². The predicted molar refractivity (Wildman–Crippen MR) is 78.3 cm³/mol. The van der Waals surface area contributed by atoms with Crippen LogP contribution in [0, 0.1) is 5.92 Å². The van der Waals surface area contributed by atoms with E-state index in [0.29, 0.717) is 5.02 Å². The summed E-state index contributed by atoms with van der Waals surface area (Å²) in [6, 6.07) is 6.81. The Kier molecular flexibility index (Phi) is 6.00. The van der Waals surface area contributed by atoms with Crippen LogP contribution in [0.2, 0.25) is 5.02 Å². The van der Waals surface area contributed by atoms with E-state index in [1.54, 1.807) is 24.3 Å². The summed E-state index contributed by atoms with van der Waals surface area (Å²) in [5.74, 6) is 0.00273. The maximum atomic E-state index is 11.7. The summed E-state index contributed by atoms with van der Waals surface area (Å²) >= 11 is 5.73. The number of nitrogens with one attached hydrogen (secondary N) is 1. The Morgan fingerprint density at radius 2 is 1.89 bits per heavy atom. The fraction of sp³-hybridized carbons (Fsp3) is 0.385. The lowest BCUT2D eigenvalue weighted by Crippen LogP contribution is -2.33. The van der Waals surface area contributed by atoms with Crippen LogP contribution in [0.25, 0.3) is 6.08 Å². The Bertz CT molecular complexity index is 523. The molecule has 19 heavy (non-hydrogen) atoms. The summed E-state index contributed by atoms with van der Waals surface area (Å²) in [6.07, 6.45) is 0.777. The molecule has 0 bridgehead atoms. The van der Waals surface area contributed by atoms with Gasteiger partial charge < -0.3 is 5.11 Å². The van der Waals surface area contributed by atoms with Gasteiger partial charge in [-0.3, -0.25) is 0 Å². The average molecular weight is 304 g/mol. The highest BCUT2D eigenvalue weighted by Crippen LogP contribution is 2.11. The van der Waals surface area contributed by atoms with E-state index in [0.717, 1.165) is 11.0 Å². The number of halogens is 1. The van der Waals surface area contributed by atoms with Crippen molar-refractivity contribution >= 4 is 27.7 Å². The van der Waals surface area contributed by atoms with Crippen molar-refractivity contribution in [3.05, 3.63) is 40.3 Å². The number of hydrogen-bond acceptors (Lipinski definition) is 3. The van der Waals surface area contributed by atoms with Crippen molar-refractivity contribution in [2.24, 2.45) is 5.92 Å². The van der Waals surface area contributed by atoms with E-state index in [-0.39, 0.29) is 12.5 Å². The number of hydrogen-bond donors (Lipinski definition) is 2. The Labute approximate surface area is 119 Å². The fourth-order valence-electron chi connectivity index (χ4n) is 1.23. The van der Waals surface area contributed by atoms with E-state index in [1.807, 2.05) is 13.8 Å². The van der Waals surface area contributed by atoms with Gasteiger partial charge in [-0.25, -0.2) is 13.1 Å². The first-order valence-corrected chi connectivity index (χ1v) is 7.84. The molecule has 4 nitrogen and oxygen atoms in total. The van der Waals surface area contributed by atoms with E-state index < -0.39 is 16.1 Å². The van der Waals surface area contributed by atoms with Gasteiger partial charge in [0.25, 0.3) is 0 Å². The second-order valence-electron chi connectivity index (χ2n) is 4.56. The van der Waals surface area contributed by atoms with Crippen LogP contribution in [-0.2, 0) is 10.0 Å². The van der Waals surface area contributed by atoms with E-state index >= 15 is 0 Å². The standard InChI is InChI=1S/C13H18ClNO3S/c1-10(2)13(16)9-15-19(17,18)8-7-11-3-5-12(14)6-4-11/h3-8,10,13,15-16H,9H2,1-2H3/b8-7+. The Morgan fingerprint density at radius 3 is 2.42 bits per heavy atom. The minimum absolute atomic E-state index is 0.00273. The van der Waals surface area contributed by atoms with Gasteiger partial charge in [-0.1, -0.05) is 37.6 Å². The van der Waals surface area contributed by atoms with Gasteiger partial charge in [-0.05, 0) is 29.7 Å². The SMILES string of the molecule is CC(C)C(O)CNS(=O)(=O)/C=C/c1ccc(Cl)cc1. The summed E-state index contributed by atoms with van der Waals surface area (Å²) in [6.45, 7) is 3.65. The van der Waals surface area contributed by atoms with Gasteiger partial charge in [0, 0.05) is 17.0 Å². The van der Waals surface area contributed by atoms with Crippen LogP contribution in [0.5, 0.6) is 0 Å². The lowest BCUT2D eigenvalue weighted by molar-refractivity contribution is 0.129. The van der Waals surface area contributed by atoms with Gasteiger partial charge in [0.15, 0.2) is 0 Å². The quantitative estimate of drug-likeness (QED) is 0.847. The monoisotopic (exact) mass is 303 g/mol. The van der Waals surface area contributed by atoms with Gasteiger partial charge in [-0.15, -0.1) is 0 Å². The van der Waals surface area contributed by atoms with Crippen molar-refractivity contribution in [2.45, 2.75) is 20.0 Å². The highest BCUT2D eigenvalue weighted by Gasteiger charge is 2.12. The summed E-state index contributed by atoms with van der Waals surface area (Å²) in [5, 5.41) is 11.2. The van der Waals surface area contributed by atoms with Crippen molar-refractivity contribution < 1.29 is 13.5 Å². The zero-order valence-electron chi connectivity index (χ0n) is 10.9. The molecule has 1 aromatic carbocycles. The molecule has 6 heteroatoms. The van der Waals surface area contributed by atoms with Gasteiger partial charge in [0.05, 0.1) is 6.10 Å². The Morgan fingerprint density at radius 1 is 1.32 bits per heavy atom. The molecule has 0 fully saturated rings. The van der Waals surface area contributed by atoms with E-state index in [9.17, 15) is 13.5 Å². The number of rotatable bonds is 6. The first-order valence-electron chi connectivity index (χ1n) is 5.91. The van der Waals surface area contributed by atoms with Crippen molar-refractivity contribution in [2.75, 3.05) is 6.54 Å². The smallest absolute Gasteiger partial charge is 0.233 e. The first kappa shape index (κ1) is 16.2. The summed E-state index contributed by atoms with van der Waals surface area (Å²) in [4.78, 5) is 0. The molecule has 0 aromatic heterocycles. The third-order valence-corrected chi connectivity index (χ3v) is 3.89. The van der Waals surface area contributed by atoms with Crippen LogP contribution < -0.4 is 4.72 Å². The lowest BCUT2D eigenvalue weighted by atomic mass is 10.1. The minimum Gasteiger partial charge on any atom is -0.391 e. The zero-order valence-corrected chi connectivity index (χ0v) is 12.4. The molecule has 1 atom stereocenters. The maximum Gasteiger partial charge on any atom is 0.233 e. The molecule has 0 heterocycles. The number of aliphatic hydroxyl groups is 1. The van der Waals surface area contributed by atoms with Gasteiger partial charge in [0.2, 0.25) is 10.0 Å². The number of sulfonamides is 1. The summed E-state index contributed by atoms with van der Waals surface area (Å²) in [5.41, 5.74) is 0.735. The maximum absolute atomic E-state index is 11.7. The van der Waals surface area contributed by atoms with Gasteiger partial charge >= 0.3 is 0 Å².